The number of nitrogens with one attached hydrogen (secondary N) is 1. The summed E-state index contributed by atoms with van der Waals surface area (Å²) in [6.07, 6.45) is -3.77. The van der Waals surface area contributed by atoms with Gasteiger partial charge in [-0.15, -0.1) is 0 Å². The Bertz CT molecular complexity index is 501. The smallest absolute Gasteiger partial charge is 0.416 e. The van der Waals surface area contributed by atoms with Crippen LogP contribution in [-0.4, -0.2) is 26.4 Å². The molecule has 0 aliphatic heterocycles. The number of methoxy groups -OCH3 is 1. The second-order valence-corrected chi connectivity index (χ2v) is 5.93. The number of hydrogen-bond donors (Lipinski definition) is 1. The summed E-state index contributed by atoms with van der Waals surface area (Å²) in [6, 6.07) is 2.87. The van der Waals surface area contributed by atoms with Crippen molar-refractivity contribution < 1.29 is 22.6 Å². The van der Waals surface area contributed by atoms with Crippen LogP contribution < -0.4 is 10.1 Å². The highest BCUT2D eigenvalue weighted by atomic mass is 19.4. The van der Waals surface area contributed by atoms with Gasteiger partial charge in [0.25, 0.3) is 0 Å². The lowest BCUT2D eigenvalue weighted by molar-refractivity contribution is -0.138. The minimum atomic E-state index is -4.40. The number of alkyl halides is 3. The summed E-state index contributed by atoms with van der Waals surface area (Å²) in [6.45, 7) is 8.03. The zero-order valence-corrected chi connectivity index (χ0v) is 14.4. The third-order valence-corrected chi connectivity index (χ3v) is 3.52. The van der Waals surface area contributed by atoms with Gasteiger partial charge in [-0.1, -0.05) is 13.8 Å². The van der Waals surface area contributed by atoms with E-state index < -0.39 is 11.7 Å². The van der Waals surface area contributed by atoms with Crippen LogP contribution in [0.4, 0.5) is 13.2 Å². The van der Waals surface area contributed by atoms with E-state index in [9.17, 15) is 13.2 Å². The predicted molar refractivity (Wildman–Crippen MR) is 84.9 cm³/mol. The van der Waals surface area contributed by atoms with Gasteiger partial charge < -0.3 is 14.8 Å². The van der Waals surface area contributed by atoms with Gasteiger partial charge in [0.2, 0.25) is 0 Å². The summed E-state index contributed by atoms with van der Waals surface area (Å²) >= 11 is 0. The molecule has 1 atom stereocenters. The number of halogens is 3. The van der Waals surface area contributed by atoms with Crippen molar-refractivity contribution in [3.8, 4) is 5.75 Å². The molecule has 23 heavy (non-hydrogen) atoms. The molecule has 1 aromatic carbocycles. The molecule has 1 rings (SSSR count). The first-order chi connectivity index (χ1) is 10.7. The molecule has 0 aliphatic rings. The van der Waals surface area contributed by atoms with Crippen LogP contribution in [0.25, 0.3) is 0 Å². The Labute approximate surface area is 136 Å². The fourth-order valence-electron chi connectivity index (χ4n) is 2.38. The number of rotatable bonds is 8. The van der Waals surface area contributed by atoms with Crippen LogP contribution in [0.15, 0.2) is 12.1 Å². The minimum Gasteiger partial charge on any atom is -0.493 e. The Balaban J connectivity index is 3.11. The quantitative estimate of drug-likeness (QED) is 0.711. The normalized spacial score (nSPS) is 13.4. The second-order valence-electron chi connectivity index (χ2n) is 5.93. The van der Waals surface area contributed by atoms with Gasteiger partial charge in [0, 0.05) is 37.8 Å². The fourth-order valence-corrected chi connectivity index (χ4v) is 2.38. The first-order valence-corrected chi connectivity index (χ1v) is 7.76. The highest BCUT2D eigenvalue weighted by Gasteiger charge is 2.34. The number of benzene rings is 1. The van der Waals surface area contributed by atoms with E-state index in [2.05, 4.69) is 5.32 Å². The molecule has 6 heteroatoms. The second kappa shape index (κ2) is 8.55. The largest absolute Gasteiger partial charge is 0.493 e. The molecule has 0 saturated heterocycles. The number of hydrogen-bond acceptors (Lipinski definition) is 3. The lowest BCUT2D eigenvalue weighted by Crippen LogP contribution is -2.26. The van der Waals surface area contributed by atoms with Gasteiger partial charge >= 0.3 is 6.18 Å². The van der Waals surface area contributed by atoms with Crippen LogP contribution in [0.2, 0.25) is 0 Å². The van der Waals surface area contributed by atoms with Gasteiger partial charge in [-0.25, -0.2) is 0 Å². The molecule has 0 heterocycles. The summed E-state index contributed by atoms with van der Waals surface area (Å²) in [5, 5.41) is 3.22. The molecule has 0 aliphatic carbocycles. The first-order valence-electron chi connectivity index (χ1n) is 7.76. The van der Waals surface area contributed by atoms with Crippen LogP contribution in [0.5, 0.6) is 5.75 Å². The number of ether oxygens (including phenoxy) is 2. The molecule has 0 radical (unpaired) electrons. The lowest BCUT2D eigenvalue weighted by Gasteiger charge is -2.22. The van der Waals surface area contributed by atoms with Gasteiger partial charge in [-0.3, -0.25) is 0 Å². The molecular weight excluding hydrogens is 307 g/mol. The molecule has 0 saturated carbocycles. The van der Waals surface area contributed by atoms with Gasteiger partial charge in [-0.05, 0) is 31.5 Å². The van der Waals surface area contributed by atoms with Crippen molar-refractivity contribution >= 4 is 0 Å². The van der Waals surface area contributed by atoms with E-state index in [1.54, 1.807) is 13.2 Å². The average Bonchev–Trinajstić information content (AvgIpc) is 2.43. The van der Waals surface area contributed by atoms with Crippen LogP contribution in [0, 0.1) is 6.92 Å². The van der Waals surface area contributed by atoms with Gasteiger partial charge in [0.1, 0.15) is 5.75 Å². The third kappa shape index (κ3) is 6.03. The molecule has 1 N–H and O–H groups in total. The SMILES string of the molecule is COCCCOc1cc(C(C)NC(C)C)cc(C(F)(F)F)c1C. The van der Waals surface area contributed by atoms with E-state index in [0.717, 1.165) is 0 Å². The minimum absolute atomic E-state index is 0.121. The van der Waals surface area contributed by atoms with Crippen molar-refractivity contribution in [1.29, 1.82) is 0 Å². The summed E-state index contributed by atoms with van der Waals surface area (Å²) < 4.78 is 50.3. The van der Waals surface area contributed by atoms with Crippen molar-refractivity contribution in [3.05, 3.63) is 28.8 Å². The monoisotopic (exact) mass is 333 g/mol. The summed E-state index contributed by atoms with van der Waals surface area (Å²) in [5.41, 5.74) is 0.0444. The van der Waals surface area contributed by atoms with Crippen molar-refractivity contribution in [2.24, 2.45) is 0 Å². The maximum absolute atomic E-state index is 13.3. The highest BCUT2D eigenvalue weighted by Crippen LogP contribution is 2.38. The molecule has 1 aromatic rings. The Morgan fingerprint density at radius 3 is 2.30 bits per heavy atom. The first kappa shape index (κ1) is 19.8. The topological polar surface area (TPSA) is 30.5 Å². The van der Waals surface area contributed by atoms with Crippen LogP contribution in [0.1, 0.15) is 49.9 Å². The molecular formula is C17H26F3NO2. The molecule has 0 bridgehead atoms. The van der Waals surface area contributed by atoms with E-state index in [1.807, 2.05) is 20.8 Å². The van der Waals surface area contributed by atoms with E-state index in [4.69, 9.17) is 9.47 Å². The van der Waals surface area contributed by atoms with Crippen molar-refractivity contribution in [3.63, 3.8) is 0 Å². The van der Waals surface area contributed by atoms with Crippen molar-refractivity contribution in [1.82, 2.24) is 5.32 Å². The molecule has 1 unspecified atom stereocenters. The molecule has 0 spiro atoms. The van der Waals surface area contributed by atoms with Crippen LogP contribution in [0.3, 0.4) is 0 Å². The predicted octanol–water partition coefficient (Wildman–Crippen LogP) is 4.49. The van der Waals surface area contributed by atoms with Crippen LogP contribution >= 0.6 is 0 Å². The standard InChI is InChI=1S/C17H26F3NO2/c1-11(2)21-13(4)14-9-15(17(18,19)20)12(3)16(10-14)23-8-6-7-22-5/h9-11,13,21H,6-8H2,1-5H3. The average molecular weight is 333 g/mol. The van der Waals surface area contributed by atoms with E-state index in [-0.39, 0.29) is 23.4 Å². The van der Waals surface area contributed by atoms with E-state index in [0.29, 0.717) is 25.2 Å². The van der Waals surface area contributed by atoms with Crippen LogP contribution in [-0.2, 0) is 10.9 Å². The Kier molecular flexibility index (Phi) is 7.35. The van der Waals surface area contributed by atoms with Gasteiger partial charge in [0.05, 0.1) is 12.2 Å². The highest BCUT2D eigenvalue weighted by molar-refractivity contribution is 5.45. The Hall–Kier alpha value is -1.27. The zero-order chi connectivity index (χ0) is 17.6. The molecule has 0 aromatic heterocycles. The third-order valence-electron chi connectivity index (χ3n) is 3.52. The molecule has 0 amide bonds. The Morgan fingerprint density at radius 2 is 1.78 bits per heavy atom. The van der Waals surface area contributed by atoms with Gasteiger partial charge in [-0.2, -0.15) is 13.2 Å². The van der Waals surface area contributed by atoms with Crippen molar-refractivity contribution in [2.45, 2.75) is 52.4 Å². The summed E-state index contributed by atoms with van der Waals surface area (Å²) in [7, 11) is 1.58. The maximum Gasteiger partial charge on any atom is 0.416 e. The molecule has 3 nitrogen and oxygen atoms in total. The zero-order valence-electron chi connectivity index (χ0n) is 14.4. The summed E-state index contributed by atoms with van der Waals surface area (Å²) in [4.78, 5) is 0. The summed E-state index contributed by atoms with van der Waals surface area (Å²) in [5.74, 6) is 0.281. The molecule has 0 fully saturated rings. The van der Waals surface area contributed by atoms with Crippen molar-refractivity contribution in [2.75, 3.05) is 20.3 Å². The lowest BCUT2D eigenvalue weighted by atomic mass is 9.99. The molecule has 132 valence electrons. The Morgan fingerprint density at radius 1 is 1.13 bits per heavy atom. The van der Waals surface area contributed by atoms with E-state index in [1.165, 1.54) is 13.0 Å². The maximum atomic E-state index is 13.3. The van der Waals surface area contributed by atoms with E-state index >= 15 is 0 Å². The fraction of sp³-hybridized carbons (Fsp3) is 0.647. The van der Waals surface area contributed by atoms with Gasteiger partial charge in [0.15, 0.2) is 0 Å².